The summed E-state index contributed by atoms with van der Waals surface area (Å²) in [5.41, 5.74) is 3.75. The molecule has 1 saturated heterocycles. The number of carbonyl (C=O) groups excluding carboxylic acids is 1. The highest BCUT2D eigenvalue weighted by Gasteiger charge is 2.31. The smallest absolute Gasteiger partial charge is 0.253 e. The molecule has 2 aliphatic rings. The molecule has 6 rings (SSSR count). The third-order valence-corrected chi connectivity index (χ3v) is 6.53. The Morgan fingerprint density at radius 2 is 1.64 bits per heavy atom. The summed E-state index contributed by atoms with van der Waals surface area (Å²) in [5, 5.41) is 5.61. The highest BCUT2D eigenvalue weighted by Crippen LogP contribution is 2.40. The van der Waals surface area contributed by atoms with Gasteiger partial charge in [0, 0.05) is 37.7 Å². The maximum atomic E-state index is 12.9. The van der Waals surface area contributed by atoms with Crippen molar-refractivity contribution in [3.8, 4) is 5.69 Å². The van der Waals surface area contributed by atoms with Crippen molar-refractivity contribution in [3.63, 3.8) is 0 Å². The maximum Gasteiger partial charge on any atom is 0.253 e. The number of hydrogen-bond acceptors (Lipinski definition) is 5. The molecule has 0 radical (unpaired) electrons. The molecule has 0 unspecified atom stereocenters. The van der Waals surface area contributed by atoms with Gasteiger partial charge in [-0.15, -0.1) is 0 Å². The van der Waals surface area contributed by atoms with Crippen LogP contribution >= 0.6 is 0 Å². The number of aryl methyl sites for hydroxylation is 1. The van der Waals surface area contributed by atoms with E-state index in [0.717, 1.165) is 65.4 Å². The van der Waals surface area contributed by atoms with E-state index in [1.54, 1.807) is 0 Å². The fourth-order valence-corrected chi connectivity index (χ4v) is 4.43. The second-order valence-electron chi connectivity index (χ2n) is 8.95. The number of piperazine rings is 1. The Kier molecular flexibility index (Phi) is 4.82. The van der Waals surface area contributed by atoms with Crippen molar-refractivity contribution in [1.82, 2.24) is 24.6 Å². The van der Waals surface area contributed by atoms with Gasteiger partial charge in [-0.05, 0) is 44.0 Å². The Labute approximate surface area is 192 Å². The summed E-state index contributed by atoms with van der Waals surface area (Å²) in [7, 11) is 0. The molecule has 0 N–H and O–H groups in total. The Morgan fingerprint density at radius 3 is 2.33 bits per heavy atom. The zero-order valence-corrected chi connectivity index (χ0v) is 18.7. The first kappa shape index (κ1) is 19.9. The van der Waals surface area contributed by atoms with Gasteiger partial charge < -0.3 is 9.80 Å². The number of nitrogens with zero attached hydrogens (tertiary/aromatic N) is 6. The van der Waals surface area contributed by atoms with Gasteiger partial charge in [0.25, 0.3) is 5.91 Å². The average Bonchev–Trinajstić information content (AvgIpc) is 3.63. The lowest BCUT2D eigenvalue weighted by Crippen LogP contribution is -2.49. The van der Waals surface area contributed by atoms with Crippen molar-refractivity contribution < 1.29 is 4.79 Å². The van der Waals surface area contributed by atoms with Crippen LogP contribution in [0.4, 0.5) is 5.82 Å². The molecule has 4 aromatic rings. The largest absolute Gasteiger partial charge is 0.352 e. The van der Waals surface area contributed by atoms with Crippen molar-refractivity contribution in [2.75, 3.05) is 31.1 Å². The number of amides is 1. The van der Waals surface area contributed by atoms with E-state index in [9.17, 15) is 4.79 Å². The lowest BCUT2D eigenvalue weighted by molar-refractivity contribution is 0.0746. The number of aromatic nitrogens is 4. The van der Waals surface area contributed by atoms with Gasteiger partial charge in [-0.2, -0.15) is 5.10 Å². The van der Waals surface area contributed by atoms with Crippen LogP contribution in [0.15, 0.2) is 60.8 Å². The molecule has 1 aliphatic heterocycles. The third kappa shape index (κ3) is 3.73. The Morgan fingerprint density at radius 1 is 0.909 bits per heavy atom. The summed E-state index contributed by atoms with van der Waals surface area (Å²) in [6.45, 7) is 4.85. The van der Waals surface area contributed by atoms with Crippen LogP contribution in [-0.2, 0) is 0 Å². The predicted molar refractivity (Wildman–Crippen MR) is 128 cm³/mol. The molecule has 1 saturated carbocycles. The monoisotopic (exact) mass is 438 g/mol. The van der Waals surface area contributed by atoms with E-state index < -0.39 is 0 Å². The quantitative estimate of drug-likeness (QED) is 0.482. The first-order valence-electron chi connectivity index (χ1n) is 11.6. The van der Waals surface area contributed by atoms with Crippen LogP contribution in [0.25, 0.3) is 16.7 Å². The molecule has 33 heavy (non-hydrogen) atoms. The molecule has 166 valence electrons. The zero-order valence-electron chi connectivity index (χ0n) is 18.7. The van der Waals surface area contributed by atoms with Gasteiger partial charge in [0.2, 0.25) is 0 Å². The molecule has 2 aromatic heterocycles. The number of fused-ring (bicyclic) bond motifs is 1. The van der Waals surface area contributed by atoms with E-state index in [2.05, 4.69) is 10.00 Å². The number of carbonyl (C=O) groups is 1. The van der Waals surface area contributed by atoms with Crippen molar-refractivity contribution >= 4 is 22.8 Å². The second-order valence-corrected chi connectivity index (χ2v) is 8.95. The Bertz CT molecular complexity index is 1300. The van der Waals surface area contributed by atoms with Gasteiger partial charge in [-0.3, -0.25) is 4.79 Å². The highest BCUT2D eigenvalue weighted by molar-refractivity contribution is 5.94. The number of benzene rings is 2. The molecule has 2 aromatic carbocycles. The predicted octanol–water partition coefficient (Wildman–Crippen LogP) is 3.96. The number of hydrogen-bond donors (Lipinski definition) is 0. The van der Waals surface area contributed by atoms with Gasteiger partial charge in [-0.25, -0.2) is 14.6 Å². The molecule has 7 heteroatoms. The standard InChI is InChI=1S/C26H26N6O/c1-18-7-9-20(10-8-18)26(33)31-15-13-30(14-16-31)24-22-17-27-32(21-5-3-2-4-6-21)25(22)29-23(28-24)19-11-12-19/h2-10,17,19H,11-16H2,1H3. The molecule has 3 heterocycles. The van der Waals surface area contributed by atoms with E-state index in [1.165, 1.54) is 0 Å². The van der Waals surface area contributed by atoms with Crippen LogP contribution in [0.1, 0.15) is 40.5 Å². The average molecular weight is 439 g/mol. The molecular formula is C26H26N6O. The number of anilines is 1. The molecule has 2 fully saturated rings. The second kappa shape index (κ2) is 7.99. The summed E-state index contributed by atoms with van der Waals surface area (Å²) in [4.78, 5) is 27.1. The molecule has 1 aliphatic carbocycles. The van der Waals surface area contributed by atoms with Gasteiger partial charge in [-0.1, -0.05) is 35.9 Å². The molecule has 0 spiro atoms. The Balaban J connectivity index is 1.29. The van der Waals surface area contributed by atoms with Crippen LogP contribution < -0.4 is 4.90 Å². The van der Waals surface area contributed by atoms with Gasteiger partial charge >= 0.3 is 0 Å². The van der Waals surface area contributed by atoms with E-state index in [1.807, 2.05) is 77.3 Å². The fourth-order valence-electron chi connectivity index (χ4n) is 4.43. The number of rotatable bonds is 4. The molecule has 7 nitrogen and oxygen atoms in total. The minimum atomic E-state index is 0.0954. The first-order valence-corrected chi connectivity index (χ1v) is 11.6. The minimum absolute atomic E-state index is 0.0954. The Hall–Kier alpha value is -3.74. The van der Waals surface area contributed by atoms with Crippen molar-refractivity contribution in [2.24, 2.45) is 0 Å². The minimum Gasteiger partial charge on any atom is -0.352 e. The van der Waals surface area contributed by atoms with Gasteiger partial charge in [0.05, 0.1) is 17.3 Å². The SMILES string of the molecule is Cc1ccc(C(=O)N2CCN(c3nc(C4CC4)nc4c3cnn4-c3ccccc3)CC2)cc1. The molecule has 1 amide bonds. The molecule has 0 atom stereocenters. The normalized spacial score (nSPS) is 16.4. The molecular weight excluding hydrogens is 412 g/mol. The van der Waals surface area contributed by atoms with Crippen LogP contribution in [0.3, 0.4) is 0 Å². The summed E-state index contributed by atoms with van der Waals surface area (Å²) in [5.74, 6) is 2.38. The summed E-state index contributed by atoms with van der Waals surface area (Å²) < 4.78 is 1.91. The van der Waals surface area contributed by atoms with Crippen molar-refractivity contribution in [3.05, 3.63) is 77.7 Å². The van der Waals surface area contributed by atoms with Crippen LogP contribution in [-0.4, -0.2) is 56.7 Å². The zero-order chi connectivity index (χ0) is 22.4. The van der Waals surface area contributed by atoms with Crippen molar-refractivity contribution in [2.45, 2.75) is 25.7 Å². The van der Waals surface area contributed by atoms with Crippen LogP contribution in [0.5, 0.6) is 0 Å². The van der Waals surface area contributed by atoms with Crippen LogP contribution in [0.2, 0.25) is 0 Å². The van der Waals surface area contributed by atoms with Gasteiger partial charge in [0.15, 0.2) is 5.65 Å². The van der Waals surface area contributed by atoms with E-state index >= 15 is 0 Å². The topological polar surface area (TPSA) is 67.2 Å². The van der Waals surface area contributed by atoms with E-state index in [4.69, 9.17) is 9.97 Å². The fraction of sp³-hybridized carbons (Fsp3) is 0.308. The van der Waals surface area contributed by atoms with Crippen LogP contribution in [0, 0.1) is 6.92 Å². The van der Waals surface area contributed by atoms with Crippen molar-refractivity contribution in [1.29, 1.82) is 0 Å². The summed E-state index contributed by atoms with van der Waals surface area (Å²) >= 11 is 0. The first-order chi connectivity index (χ1) is 16.2. The lowest BCUT2D eigenvalue weighted by atomic mass is 10.1. The lowest BCUT2D eigenvalue weighted by Gasteiger charge is -2.35. The summed E-state index contributed by atoms with van der Waals surface area (Å²) in [6.07, 6.45) is 4.16. The number of para-hydroxylation sites is 1. The highest BCUT2D eigenvalue weighted by atomic mass is 16.2. The summed E-state index contributed by atoms with van der Waals surface area (Å²) in [6, 6.07) is 17.9. The third-order valence-electron chi connectivity index (χ3n) is 6.53. The van der Waals surface area contributed by atoms with E-state index in [-0.39, 0.29) is 5.91 Å². The van der Waals surface area contributed by atoms with Gasteiger partial charge in [0.1, 0.15) is 11.6 Å². The maximum absolute atomic E-state index is 12.9. The van der Waals surface area contributed by atoms with E-state index in [0.29, 0.717) is 19.0 Å². The molecule has 0 bridgehead atoms.